The minimum absolute atomic E-state index is 0.509. The molecule has 0 aliphatic carbocycles. The molecule has 3 rings (SSSR count). The summed E-state index contributed by atoms with van der Waals surface area (Å²) in [5.74, 6) is 1.24. The molecule has 2 aromatic rings. The number of hydroxylamine groups is 1. The molecule has 142 valence electrons. The second-order valence-corrected chi connectivity index (χ2v) is 7.39. The van der Waals surface area contributed by atoms with E-state index in [9.17, 15) is 0 Å². The maximum Gasteiger partial charge on any atom is 0.110 e. The van der Waals surface area contributed by atoms with Gasteiger partial charge in [0.25, 0.3) is 0 Å². The number of hydrogen-bond acceptors (Lipinski definition) is 4. The van der Waals surface area contributed by atoms with E-state index in [-0.39, 0.29) is 0 Å². The Morgan fingerprint density at radius 1 is 1.38 bits per heavy atom. The summed E-state index contributed by atoms with van der Waals surface area (Å²) in [6, 6.07) is 7.13. The number of rotatable bonds is 9. The van der Waals surface area contributed by atoms with Crippen LogP contribution in [0.4, 0.5) is 0 Å². The average molecular weight is 357 g/mol. The summed E-state index contributed by atoms with van der Waals surface area (Å²) >= 11 is 0. The topological polar surface area (TPSA) is 62.1 Å². The molecule has 1 fully saturated rings. The molecule has 0 saturated carbocycles. The molecule has 1 atom stereocenters. The van der Waals surface area contributed by atoms with E-state index in [1.807, 2.05) is 0 Å². The molecule has 2 heterocycles. The summed E-state index contributed by atoms with van der Waals surface area (Å²) in [5.41, 5.74) is 6.37. The van der Waals surface area contributed by atoms with Crippen LogP contribution in [-0.4, -0.2) is 27.8 Å². The minimum Gasteiger partial charge on any atom is -0.324 e. The molecule has 1 saturated heterocycles. The highest BCUT2D eigenvalue weighted by molar-refractivity contribution is 5.77. The van der Waals surface area contributed by atoms with Crippen LogP contribution in [0.2, 0.25) is 0 Å². The number of fused-ring (bicyclic) bond motifs is 1. The van der Waals surface area contributed by atoms with E-state index in [0.717, 1.165) is 37.9 Å². The largest absolute Gasteiger partial charge is 0.324 e. The first-order valence-corrected chi connectivity index (χ1v) is 10.0. The van der Waals surface area contributed by atoms with Crippen molar-refractivity contribution in [2.24, 2.45) is 0 Å². The third-order valence-electron chi connectivity index (χ3n) is 5.34. The van der Waals surface area contributed by atoms with Gasteiger partial charge in [0.15, 0.2) is 0 Å². The summed E-state index contributed by atoms with van der Waals surface area (Å²) < 4.78 is 2.50. The third-order valence-corrected chi connectivity index (χ3v) is 5.34. The quantitative estimate of drug-likeness (QED) is 0.467. The molecule has 5 nitrogen and oxygen atoms in total. The van der Waals surface area contributed by atoms with Crippen LogP contribution in [0.3, 0.4) is 0 Å². The average Bonchev–Trinajstić information content (AvgIpc) is 3.04. The molecule has 5 heteroatoms. The molecule has 1 aliphatic heterocycles. The van der Waals surface area contributed by atoms with Gasteiger partial charge in [-0.25, -0.2) is 4.98 Å². The van der Waals surface area contributed by atoms with E-state index in [0.29, 0.717) is 11.7 Å². The Balaban J connectivity index is 1.87. The Morgan fingerprint density at radius 3 is 3.00 bits per heavy atom. The lowest BCUT2D eigenvalue weighted by Gasteiger charge is -2.26. The first-order valence-electron chi connectivity index (χ1n) is 10.0. The Morgan fingerprint density at radius 2 is 2.27 bits per heavy atom. The van der Waals surface area contributed by atoms with Crippen LogP contribution in [0, 0.1) is 0 Å². The van der Waals surface area contributed by atoms with Crippen molar-refractivity contribution in [2.75, 3.05) is 13.1 Å². The van der Waals surface area contributed by atoms with Gasteiger partial charge >= 0.3 is 0 Å². The van der Waals surface area contributed by atoms with Gasteiger partial charge < -0.3 is 9.88 Å². The van der Waals surface area contributed by atoms with Gasteiger partial charge in [-0.05, 0) is 56.3 Å². The van der Waals surface area contributed by atoms with Crippen LogP contribution in [0.1, 0.15) is 62.9 Å². The fourth-order valence-electron chi connectivity index (χ4n) is 3.87. The Hall–Kier alpha value is -1.85. The van der Waals surface area contributed by atoms with Crippen LogP contribution < -0.4 is 10.8 Å². The van der Waals surface area contributed by atoms with Gasteiger partial charge in [0.1, 0.15) is 5.82 Å². The van der Waals surface area contributed by atoms with Crippen molar-refractivity contribution >= 4 is 11.0 Å². The zero-order valence-corrected chi connectivity index (χ0v) is 15.9. The van der Waals surface area contributed by atoms with Gasteiger partial charge in [-0.1, -0.05) is 32.4 Å². The smallest absolute Gasteiger partial charge is 0.110 e. The van der Waals surface area contributed by atoms with Crippen LogP contribution in [0.5, 0.6) is 0 Å². The molecule has 1 aromatic carbocycles. The number of benzene rings is 1. The fourth-order valence-corrected chi connectivity index (χ4v) is 3.87. The van der Waals surface area contributed by atoms with Crippen LogP contribution in [-0.2, 0) is 12.8 Å². The molecular weight excluding hydrogens is 324 g/mol. The molecule has 0 bridgehead atoms. The van der Waals surface area contributed by atoms with E-state index in [2.05, 4.69) is 47.1 Å². The summed E-state index contributed by atoms with van der Waals surface area (Å²) in [7, 11) is 0. The number of unbranched alkanes of at least 4 members (excludes halogenated alkanes) is 2. The number of aromatic nitrogens is 2. The van der Waals surface area contributed by atoms with Gasteiger partial charge in [-0.3, -0.25) is 10.7 Å². The summed E-state index contributed by atoms with van der Waals surface area (Å²) in [6.07, 6.45) is 8.78. The highest BCUT2D eigenvalue weighted by atomic mass is 16.5. The van der Waals surface area contributed by atoms with Crippen molar-refractivity contribution in [3.05, 3.63) is 41.9 Å². The van der Waals surface area contributed by atoms with E-state index >= 15 is 0 Å². The number of nitrogens with one attached hydrogen (secondary N) is 2. The van der Waals surface area contributed by atoms with Crippen molar-refractivity contribution in [1.29, 1.82) is 0 Å². The Bertz CT molecular complexity index is 731. The zero-order chi connectivity index (χ0) is 18.4. The first-order chi connectivity index (χ1) is 12.7. The van der Waals surface area contributed by atoms with Gasteiger partial charge in [0, 0.05) is 24.7 Å². The third kappa shape index (κ3) is 4.46. The molecule has 1 aromatic heterocycles. The highest BCUT2D eigenvalue weighted by Crippen LogP contribution is 2.27. The molecule has 0 amide bonds. The maximum atomic E-state index is 8.90. The van der Waals surface area contributed by atoms with E-state index < -0.39 is 0 Å². The Labute approximate surface area is 156 Å². The number of imidazole rings is 1. The second kappa shape index (κ2) is 9.19. The van der Waals surface area contributed by atoms with E-state index in [1.165, 1.54) is 49.0 Å². The van der Waals surface area contributed by atoms with Crippen LogP contribution in [0.15, 0.2) is 30.5 Å². The molecule has 3 N–H and O–H groups in total. The number of aryl methyl sites for hydroxylation is 2. The second-order valence-electron chi connectivity index (χ2n) is 7.39. The number of allylic oxidation sites excluding steroid dienone is 1. The fraction of sp³-hybridized carbons (Fsp3) is 0.571. The number of hydrogen-bond donors (Lipinski definition) is 3. The lowest BCUT2D eigenvalue weighted by atomic mass is 10.1. The lowest BCUT2D eigenvalue weighted by Crippen LogP contribution is -2.32. The predicted octanol–water partition coefficient (Wildman–Crippen LogP) is 4.12. The zero-order valence-electron chi connectivity index (χ0n) is 15.9. The normalized spacial score (nSPS) is 17.5. The molecule has 1 unspecified atom stereocenters. The van der Waals surface area contributed by atoms with E-state index in [4.69, 9.17) is 10.2 Å². The summed E-state index contributed by atoms with van der Waals surface area (Å²) in [5, 5.41) is 12.4. The van der Waals surface area contributed by atoms with Gasteiger partial charge in [-0.2, -0.15) is 0 Å². The lowest BCUT2D eigenvalue weighted by molar-refractivity contribution is 0.196. The minimum atomic E-state index is 0.509. The molecular formula is C21H32N4O. The first kappa shape index (κ1) is 18.9. The monoisotopic (exact) mass is 356 g/mol. The molecule has 0 spiro atoms. The standard InChI is InChI=1S/C21H32N4O/c1-3-4-5-8-21-23-19-14-17(10-9-16(2)24-26)11-12-20(19)25(21)18-7-6-13-22-15-18/h11-12,14,18,22,24,26H,2-10,13,15H2,1H3. The number of piperidine rings is 1. The van der Waals surface area contributed by atoms with Crippen molar-refractivity contribution in [1.82, 2.24) is 20.3 Å². The number of nitrogens with zero attached hydrogens (tertiary/aromatic N) is 2. The maximum absolute atomic E-state index is 8.90. The Kier molecular flexibility index (Phi) is 6.69. The predicted molar refractivity (Wildman–Crippen MR) is 106 cm³/mol. The van der Waals surface area contributed by atoms with Crippen molar-refractivity contribution in [2.45, 2.75) is 64.3 Å². The summed E-state index contributed by atoms with van der Waals surface area (Å²) in [6.45, 7) is 8.19. The summed E-state index contributed by atoms with van der Waals surface area (Å²) in [4.78, 5) is 5.02. The van der Waals surface area contributed by atoms with Crippen molar-refractivity contribution in [3.8, 4) is 0 Å². The van der Waals surface area contributed by atoms with Crippen molar-refractivity contribution < 1.29 is 5.21 Å². The van der Waals surface area contributed by atoms with Crippen LogP contribution in [0.25, 0.3) is 11.0 Å². The van der Waals surface area contributed by atoms with E-state index in [1.54, 1.807) is 0 Å². The van der Waals surface area contributed by atoms with Gasteiger partial charge in [0.2, 0.25) is 0 Å². The van der Waals surface area contributed by atoms with Gasteiger partial charge in [0.05, 0.1) is 11.0 Å². The van der Waals surface area contributed by atoms with Crippen molar-refractivity contribution in [3.63, 3.8) is 0 Å². The molecule has 26 heavy (non-hydrogen) atoms. The highest BCUT2D eigenvalue weighted by Gasteiger charge is 2.21. The SMILES string of the molecule is C=C(CCc1ccc2c(c1)nc(CCCCC)n2C1CCCNC1)NO. The van der Waals surface area contributed by atoms with Crippen LogP contribution >= 0.6 is 0 Å². The molecule has 0 radical (unpaired) electrons. The van der Waals surface area contributed by atoms with Gasteiger partial charge in [-0.15, -0.1) is 0 Å². The molecule has 1 aliphatic rings.